The molecule has 2 rings (SSSR count). The van der Waals surface area contributed by atoms with E-state index in [1.165, 1.54) is 0 Å². The summed E-state index contributed by atoms with van der Waals surface area (Å²) in [5.74, 6) is 0.140. The van der Waals surface area contributed by atoms with Gasteiger partial charge in [-0.25, -0.2) is 9.78 Å². The normalized spacial score (nSPS) is 11.4. The second kappa shape index (κ2) is 6.77. The van der Waals surface area contributed by atoms with Crippen LogP contribution >= 0.6 is 0 Å². The predicted octanol–water partition coefficient (Wildman–Crippen LogP) is 3.89. The molecule has 0 amide bonds. The molecule has 5 heteroatoms. The Hall–Kier alpha value is -2.43. The van der Waals surface area contributed by atoms with Crippen molar-refractivity contribution >= 4 is 5.97 Å². The van der Waals surface area contributed by atoms with Crippen LogP contribution < -0.4 is 4.74 Å². The molecule has 0 aliphatic heterocycles. The Morgan fingerprint density at radius 3 is 2.30 bits per heavy atom. The fraction of sp³-hybridized carbons (Fsp3) is 0.389. The second-order valence-corrected chi connectivity index (χ2v) is 6.49. The number of esters is 1. The topological polar surface area (TPSA) is 61.3 Å². The number of carbonyl (C=O) groups excluding carboxylic acids is 1. The average molecular weight is 314 g/mol. The number of rotatable bonds is 4. The van der Waals surface area contributed by atoms with E-state index in [9.17, 15) is 4.79 Å². The van der Waals surface area contributed by atoms with Crippen LogP contribution in [-0.4, -0.2) is 27.6 Å². The smallest absolute Gasteiger partial charge is 0.338 e. The SMILES string of the molecule is CC(C)Oc1cncc(-c2ccc(C(=O)OC(C)(C)C)cc2)n1. The standard InChI is InChI=1S/C18H22N2O3/c1-12(2)22-16-11-19-10-15(20-16)13-6-8-14(9-7-13)17(21)23-18(3,4)5/h6-12H,1-5H3. The summed E-state index contributed by atoms with van der Waals surface area (Å²) >= 11 is 0. The highest BCUT2D eigenvalue weighted by molar-refractivity contribution is 5.90. The molecule has 122 valence electrons. The zero-order valence-corrected chi connectivity index (χ0v) is 14.2. The zero-order chi connectivity index (χ0) is 17.0. The Balaban J connectivity index is 2.18. The first-order valence-corrected chi connectivity index (χ1v) is 7.57. The van der Waals surface area contributed by atoms with Crippen molar-refractivity contribution in [1.29, 1.82) is 0 Å². The van der Waals surface area contributed by atoms with E-state index < -0.39 is 5.60 Å². The van der Waals surface area contributed by atoms with Gasteiger partial charge in [0.2, 0.25) is 5.88 Å². The van der Waals surface area contributed by atoms with Gasteiger partial charge in [-0.15, -0.1) is 0 Å². The molecule has 0 saturated carbocycles. The van der Waals surface area contributed by atoms with E-state index in [2.05, 4.69) is 9.97 Å². The Labute approximate surface area is 136 Å². The quantitative estimate of drug-likeness (QED) is 0.801. The Kier molecular flexibility index (Phi) is 4.98. The molecular weight excluding hydrogens is 292 g/mol. The minimum atomic E-state index is -0.510. The van der Waals surface area contributed by atoms with Crippen LogP contribution in [0.1, 0.15) is 45.0 Å². The van der Waals surface area contributed by atoms with Crippen LogP contribution in [0.2, 0.25) is 0 Å². The number of nitrogens with zero attached hydrogens (tertiary/aromatic N) is 2. The third-order valence-corrected chi connectivity index (χ3v) is 2.78. The molecule has 0 unspecified atom stereocenters. The third kappa shape index (κ3) is 5.06. The van der Waals surface area contributed by atoms with Crippen molar-refractivity contribution in [3.63, 3.8) is 0 Å². The summed E-state index contributed by atoms with van der Waals surface area (Å²) in [5, 5.41) is 0. The second-order valence-electron chi connectivity index (χ2n) is 6.49. The summed E-state index contributed by atoms with van der Waals surface area (Å²) in [6, 6.07) is 7.09. The average Bonchev–Trinajstić information content (AvgIpc) is 2.45. The summed E-state index contributed by atoms with van der Waals surface area (Å²) in [4.78, 5) is 20.6. The number of hydrogen-bond acceptors (Lipinski definition) is 5. The maximum Gasteiger partial charge on any atom is 0.338 e. The minimum Gasteiger partial charge on any atom is -0.474 e. The molecule has 0 bridgehead atoms. The third-order valence-electron chi connectivity index (χ3n) is 2.78. The molecule has 0 aliphatic rings. The van der Waals surface area contributed by atoms with Gasteiger partial charge in [-0.2, -0.15) is 0 Å². The predicted molar refractivity (Wildman–Crippen MR) is 88.4 cm³/mol. The molecule has 0 N–H and O–H groups in total. The molecular formula is C18H22N2O3. The molecule has 0 radical (unpaired) electrons. The van der Waals surface area contributed by atoms with Gasteiger partial charge in [0.05, 0.1) is 29.8 Å². The van der Waals surface area contributed by atoms with Gasteiger partial charge in [-0.1, -0.05) is 12.1 Å². The molecule has 0 fully saturated rings. The highest BCUT2D eigenvalue weighted by Crippen LogP contribution is 2.20. The summed E-state index contributed by atoms with van der Waals surface area (Å²) in [6.07, 6.45) is 3.28. The number of aromatic nitrogens is 2. The van der Waals surface area contributed by atoms with Crippen molar-refractivity contribution in [3.8, 4) is 17.1 Å². The van der Waals surface area contributed by atoms with Crippen LogP contribution in [0.25, 0.3) is 11.3 Å². The van der Waals surface area contributed by atoms with Crippen LogP contribution in [0.15, 0.2) is 36.7 Å². The lowest BCUT2D eigenvalue weighted by Gasteiger charge is -2.19. The molecule has 23 heavy (non-hydrogen) atoms. The maximum absolute atomic E-state index is 12.0. The first kappa shape index (κ1) is 16.9. The molecule has 1 aromatic carbocycles. The summed E-state index contributed by atoms with van der Waals surface area (Å²) in [5.41, 5.74) is 1.55. The number of hydrogen-bond donors (Lipinski definition) is 0. The van der Waals surface area contributed by atoms with E-state index in [4.69, 9.17) is 9.47 Å². The number of benzene rings is 1. The lowest BCUT2D eigenvalue weighted by Crippen LogP contribution is -2.23. The van der Waals surface area contributed by atoms with E-state index in [1.807, 2.05) is 46.8 Å². The fourth-order valence-corrected chi connectivity index (χ4v) is 1.90. The summed E-state index contributed by atoms with van der Waals surface area (Å²) in [6.45, 7) is 9.40. The van der Waals surface area contributed by atoms with Gasteiger partial charge in [0.1, 0.15) is 5.60 Å². The number of carbonyl (C=O) groups is 1. The monoisotopic (exact) mass is 314 g/mol. The van der Waals surface area contributed by atoms with Gasteiger partial charge in [0.25, 0.3) is 0 Å². The van der Waals surface area contributed by atoms with E-state index in [0.717, 1.165) is 5.56 Å². The van der Waals surface area contributed by atoms with Crippen LogP contribution in [0, 0.1) is 0 Å². The first-order chi connectivity index (χ1) is 10.7. The maximum atomic E-state index is 12.0. The van der Waals surface area contributed by atoms with Crippen molar-refractivity contribution in [2.24, 2.45) is 0 Å². The first-order valence-electron chi connectivity index (χ1n) is 7.57. The van der Waals surface area contributed by atoms with E-state index >= 15 is 0 Å². The molecule has 2 aromatic rings. The fourth-order valence-electron chi connectivity index (χ4n) is 1.90. The van der Waals surface area contributed by atoms with Crippen molar-refractivity contribution in [3.05, 3.63) is 42.2 Å². The zero-order valence-electron chi connectivity index (χ0n) is 14.2. The van der Waals surface area contributed by atoms with Gasteiger partial charge < -0.3 is 9.47 Å². The van der Waals surface area contributed by atoms with Crippen LogP contribution in [0.4, 0.5) is 0 Å². The molecule has 0 saturated heterocycles. The van der Waals surface area contributed by atoms with Crippen LogP contribution in [0.5, 0.6) is 5.88 Å². The van der Waals surface area contributed by atoms with Gasteiger partial charge >= 0.3 is 5.97 Å². The molecule has 1 heterocycles. The lowest BCUT2D eigenvalue weighted by molar-refractivity contribution is 0.00695. The van der Waals surface area contributed by atoms with Crippen LogP contribution in [0.3, 0.4) is 0 Å². The Morgan fingerprint density at radius 1 is 1.09 bits per heavy atom. The number of ether oxygens (including phenoxy) is 2. The van der Waals surface area contributed by atoms with Gasteiger partial charge in [-0.3, -0.25) is 4.98 Å². The highest BCUT2D eigenvalue weighted by Gasteiger charge is 2.17. The molecule has 0 atom stereocenters. The van der Waals surface area contributed by atoms with Crippen LogP contribution in [-0.2, 0) is 4.74 Å². The van der Waals surface area contributed by atoms with Crippen molar-refractivity contribution in [1.82, 2.24) is 9.97 Å². The Bertz CT molecular complexity index is 673. The van der Waals surface area contributed by atoms with Crippen molar-refractivity contribution in [2.45, 2.75) is 46.3 Å². The largest absolute Gasteiger partial charge is 0.474 e. The lowest BCUT2D eigenvalue weighted by atomic mass is 10.1. The van der Waals surface area contributed by atoms with E-state index in [-0.39, 0.29) is 12.1 Å². The van der Waals surface area contributed by atoms with Crippen molar-refractivity contribution < 1.29 is 14.3 Å². The van der Waals surface area contributed by atoms with Crippen molar-refractivity contribution in [2.75, 3.05) is 0 Å². The minimum absolute atomic E-state index is 0.0362. The van der Waals surface area contributed by atoms with Gasteiger partial charge in [-0.05, 0) is 46.8 Å². The highest BCUT2D eigenvalue weighted by atomic mass is 16.6. The molecule has 0 aliphatic carbocycles. The Morgan fingerprint density at radius 2 is 1.74 bits per heavy atom. The van der Waals surface area contributed by atoms with E-state index in [1.54, 1.807) is 24.5 Å². The molecule has 5 nitrogen and oxygen atoms in total. The summed E-state index contributed by atoms with van der Waals surface area (Å²) < 4.78 is 10.9. The van der Waals surface area contributed by atoms with E-state index in [0.29, 0.717) is 17.1 Å². The molecule has 1 aromatic heterocycles. The van der Waals surface area contributed by atoms with Gasteiger partial charge in [0.15, 0.2) is 0 Å². The van der Waals surface area contributed by atoms with Gasteiger partial charge in [0, 0.05) is 5.56 Å². The summed E-state index contributed by atoms with van der Waals surface area (Å²) in [7, 11) is 0. The molecule has 0 spiro atoms.